The number of alkyl halides is 1. The van der Waals surface area contributed by atoms with Crippen LogP contribution in [0.15, 0.2) is 24.3 Å². The average Bonchev–Trinajstić information content (AvgIpc) is 2.24. The fourth-order valence-corrected chi connectivity index (χ4v) is 1.95. The smallest absolute Gasteiger partial charge is 0.0236 e. The van der Waals surface area contributed by atoms with Crippen molar-refractivity contribution in [2.45, 2.75) is 39.8 Å². The Morgan fingerprint density at radius 1 is 1.31 bits per heavy atom. The van der Waals surface area contributed by atoms with E-state index in [0.717, 1.165) is 25.4 Å². The lowest BCUT2D eigenvalue weighted by Crippen LogP contribution is -2.31. The molecule has 0 amide bonds. The minimum atomic E-state index is 0.573. The lowest BCUT2D eigenvalue weighted by Gasteiger charge is -2.26. The molecule has 0 fully saturated rings. The molecule has 1 aromatic carbocycles. The highest BCUT2D eigenvalue weighted by Crippen LogP contribution is 2.10. The maximum atomic E-state index is 5.75. The molecular weight excluding hydrogens is 218 g/mol. The molecule has 0 saturated heterocycles. The summed E-state index contributed by atoms with van der Waals surface area (Å²) in [6, 6.07) is 9.30. The summed E-state index contributed by atoms with van der Waals surface area (Å²) < 4.78 is 0. The van der Waals surface area contributed by atoms with Crippen LogP contribution >= 0.6 is 11.6 Å². The molecule has 1 nitrogen and oxygen atoms in total. The van der Waals surface area contributed by atoms with E-state index in [9.17, 15) is 0 Å². The van der Waals surface area contributed by atoms with Gasteiger partial charge in [-0.2, -0.15) is 0 Å². The van der Waals surface area contributed by atoms with Crippen molar-refractivity contribution in [1.82, 2.24) is 4.90 Å². The molecule has 16 heavy (non-hydrogen) atoms. The van der Waals surface area contributed by atoms with Crippen LogP contribution in [0.4, 0.5) is 0 Å². The molecule has 2 heteroatoms. The molecule has 0 saturated carbocycles. The molecule has 1 rings (SSSR count). The quantitative estimate of drug-likeness (QED) is 0.682. The van der Waals surface area contributed by atoms with Crippen LogP contribution in [0.5, 0.6) is 0 Å². The summed E-state index contributed by atoms with van der Waals surface area (Å²) >= 11 is 5.75. The van der Waals surface area contributed by atoms with Gasteiger partial charge in [0.2, 0.25) is 0 Å². The van der Waals surface area contributed by atoms with Crippen molar-refractivity contribution in [2.24, 2.45) is 0 Å². The molecule has 0 atom stereocenters. The summed E-state index contributed by atoms with van der Waals surface area (Å²) in [5.74, 6) is 0.747. The van der Waals surface area contributed by atoms with Crippen molar-refractivity contribution in [1.29, 1.82) is 0 Å². The van der Waals surface area contributed by atoms with Gasteiger partial charge in [0.25, 0.3) is 0 Å². The van der Waals surface area contributed by atoms with Crippen molar-refractivity contribution < 1.29 is 0 Å². The fourth-order valence-electron chi connectivity index (χ4n) is 1.83. The number of nitrogens with zero attached hydrogens (tertiary/aromatic N) is 1. The lowest BCUT2D eigenvalue weighted by atomic mass is 10.1. The average molecular weight is 240 g/mol. The largest absolute Gasteiger partial charge is 0.297 e. The first-order valence-electron chi connectivity index (χ1n) is 5.99. The molecule has 0 aliphatic heterocycles. The van der Waals surface area contributed by atoms with Gasteiger partial charge in [0.1, 0.15) is 0 Å². The van der Waals surface area contributed by atoms with Gasteiger partial charge in [-0.1, -0.05) is 29.8 Å². The predicted molar refractivity (Wildman–Crippen MR) is 72.1 cm³/mol. The van der Waals surface area contributed by atoms with Gasteiger partial charge in [-0.3, -0.25) is 4.90 Å². The second-order valence-electron chi connectivity index (χ2n) is 4.60. The summed E-state index contributed by atoms with van der Waals surface area (Å²) in [7, 11) is 0. The highest BCUT2D eigenvalue weighted by Gasteiger charge is 2.09. The van der Waals surface area contributed by atoms with E-state index in [4.69, 9.17) is 11.6 Å². The maximum absolute atomic E-state index is 5.75. The molecule has 0 aromatic heterocycles. The number of rotatable bonds is 6. The second-order valence-corrected chi connectivity index (χ2v) is 4.97. The zero-order valence-electron chi connectivity index (χ0n) is 10.5. The molecule has 0 unspecified atom stereocenters. The topological polar surface area (TPSA) is 3.24 Å². The van der Waals surface area contributed by atoms with E-state index in [-0.39, 0.29) is 0 Å². The minimum absolute atomic E-state index is 0.573. The Balaban J connectivity index is 2.60. The Morgan fingerprint density at radius 2 is 2.06 bits per heavy atom. The molecule has 0 radical (unpaired) electrons. The number of halogens is 1. The van der Waals surface area contributed by atoms with Crippen LogP contribution in [0, 0.1) is 6.92 Å². The Bertz CT molecular complexity index is 309. The van der Waals surface area contributed by atoms with Crippen molar-refractivity contribution in [2.75, 3.05) is 12.4 Å². The van der Waals surface area contributed by atoms with Crippen molar-refractivity contribution in [3.05, 3.63) is 35.4 Å². The monoisotopic (exact) mass is 239 g/mol. The third-order valence-electron chi connectivity index (χ3n) is 2.78. The van der Waals surface area contributed by atoms with Crippen LogP contribution in [0.25, 0.3) is 0 Å². The van der Waals surface area contributed by atoms with Crippen molar-refractivity contribution >= 4 is 11.6 Å². The van der Waals surface area contributed by atoms with Crippen molar-refractivity contribution in [3.8, 4) is 0 Å². The van der Waals surface area contributed by atoms with Crippen LogP contribution in [0.3, 0.4) is 0 Å². The molecule has 0 aliphatic rings. The Kier molecular flexibility index (Phi) is 5.86. The normalized spacial score (nSPS) is 11.4. The van der Waals surface area contributed by atoms with Crippen LogP contribution in [0.2, 0.25) is 0 Å². The van der Waals surface area contributed by atoms with E-state index < -0.39 is 0 Å². The highest BCUT2D eigenvalue weighted by molar-refractivity contribution is 6.17. The Labute approximate surface area is 104 Å². The highest BCUT2D eigenvalue weighted by atomic mass is 35.5. The van der Waals surface area contributed by atoms with Gasteiger partial charge in [0.05, 0.1) is 0 Å². The van der Waals surface area contributed by atoms with Crippen LogP contribution < -0.4 is 0 Å². The molecule has 0 N–H and O–H groups in total. The molecule has 0 spiro atoms. The maximum Gasteiger partial charge on any atom is 0.0236 e. The molecule has 90 valence electrons. The molecule has 0 heterocycles. The Morgan fingerprint density at radius 3 is 2.62 bits per heavy atom. The number of hydrogen-bond donors (Lipinski definition) is 0. The zero-order chi connectivity index (χ0) is 12.0. The zero-order valence-corrected chi connectivity index (χ0v) is 11.3. The van der Waals surface area contributed by atoms with E-state index in [1.807, 2.05) is 0 Å². The standard InChI is InChI=1S/C14H22ClN/c1-12(2)16(9-5-8-15)11-14-7-4-6-13(3)10-14/h4,6-7,10,12H,5,8-9,11H2,1-3H3. The molecular formula is C14H22ClN. The van der Waals surface area contributed by atoms with Gasteiger partial charge in [0, 0.05) is 18.5 Å². The number of aryl methyl sites for hydroxylation is 1. The summed E-state index contributed by atoms with van der Waals surface area (Å²) in [6.07, 6.45) is 1.06. The third kappa shape index (κ3) is 4.54. The number of benzene rings is 1. The van der Waals surface area contributed by atoms with E-state index in [1.165, 1.54) is 11.1 Å². The van der Waals surface area contributed by atoms with Gasteiger partial charge in [-0.05, 0) is 39.3 Å². The SMILES string of the molecule is Cc1cccc(CN(CCCCl)C(C)C)c1. The van der Waals surface area contributed by atoms with Gasteiger partial charge in [-0.15, -0.1) is 11.6 Å². The summed E-state index contributed by atoms with van der Waals surface area (Å²) in [5.41, 5.74) is 2.72. The second kappa shape index (κ2) is 6.93. The number of hydrogen-bond acceptors (Lipinski definition) is 1. The summed E-state index contributed by atoms with van der Waals surface area (Å²) in [4.78, 5) is 2.47. The van der Waals surface area contributed by atoms with Crippen LogP contribution in [-0.2, 0) is 6.54 Å². The van der Waals surface area contributed by atoms with E-state index in [1.54, 1.807) is 0 Å². The first-order valence-corrected chi connectivity index (χ1v) is 6.52. The summed E-state index contributed by atoms with van der Waals surface area (Å²) in [5, 5.41) is 0. The first-order chi connectivity index (χ1) is 7.63. The Hall–Kier alpha value is -0.530. The van der Waals surface area contributed by atoms with Crippen LogP contribution in [-0.4, -0.2) is 23.4 Å². The first kappa shape index (κ1) is 13.5. The van der Waals surface area contributed by atoms with Crippen molar-refractivity contribution in [3.63, 3.8) is 0 Å². The predicted octanol–water partition coefficient (Wildman–Crippen LogP) is 3.83. The molecule has 0 aliphatic carbocycles. The van der Waals surface area contributed by atoms with Gasteiger partial charge in [-0.25, -0.2) is 0 Å². The fraction of sp³-hybridized carbons (Fsp3) is 0.571. The lowest BCUT2D eigenvalue weighted by molar-refractivity contribution is 0.213. The third-order valence-corrected chi connectivity index (χ3v) is 3.04. The van der Waals surface area contributed by atoms with E-state index in [0.29, 0.717) is 6.04 Å². The minimum Gasteiger partial charge on any atom is -0.297 e. The van der Waals surface area contributed by atoms with E-state index >= 15 is 0 Å². The van der Waals surface area contributed by atoms with Gasteiger partial charge in [0.15, 0.2) is 0 Å². The van der Waals surface area contributed by atoms with Gasteiger partial charge >= 0.3 is 0 Å². The van der Waals surface area contributed by atoms with Gasteiger partial charge < -0.3 is 0 Å². The molecule has 1 aromatic rings. The summed E-state index contributed by atoms with van der Waals surface area (Å²) in [6.45, 7) is 8.72. The van der Waals surface area contributed by atoms with E-state index in [2.05, 4.69) is 49.9 Å². The van der Waals surface area contributed by atoms with Crippen LogP contribution in [0.1, 0.15) is 31.4 Å². The molecule has 0 bridgehead atoms.